The third-order valence-electron chi connectivity index (χ3n) is 15.6. The SMILES string of the molecule is C/C=C/C[C@@H](C)[C@@H](O)[C@H]1C(=O)N[C@@H](CC)C(=O)N(C)CC(=O)N(C)CC(=O)N[C@@H](C(C)C)C(=O)N(C)[C@@H](CC(C)C)C(=O)N[C@@H](CC(C)C)C(=O)N[C@H](C)C(=O)N(C)[C@@H](CC(C)C)C(=O)N(C)[C@H](CC(C)C)C(=O)N(C)[C@@H](C(C)C)C(=O)N1C. The minimum atomic E-state index is -1.60. The van der Waals surface area contributed by atoms with Crippen molar-refractivity contribution < 1.29 is 57.8 Å². The number of nitrogens with one attached hydrogen (secondary N) is 4. The summed E-state index contributed by atoms with van der Waals surface area (Å²) in [5, 5.41) is 23.1. The number of aliphatic hydroxyl groups is 1. The summed E-state index contributed by atoms with van der Waals surface area (Å²) in [6, 6.07) is -11.1. The molecule has 23 heteroatoms. The number of hydrogen-bond acceptors (Lipinski definition) is 12. The Labute approximate surface area is 502 Å². The normalized spacial score (nSPS) is 26.2. The molecule has 11 atom stereocenters. The Balaban J connectivity index is 4.28. The van der Waals surface area contributed by atoms with E-state index in [1.54, 1.807) is 60.6 Å². The predicted molar refractivity (Wildman–Crippen MR) is 324 cm³/mol. The van der Waals surface area contributed by atoms with E-state index in [4.69, 9.17) is 0 Å². The van der Waals surface area contributed by atoms with Crippen LogP contribution in [0.4, 0.5) is 0 Å². The highest BCUT2D eigenvalue weighted by atomic mass is 16.3. The summed E-state index contributed by atoms with van der Waals surface area (Å²) < 4.78 is 0. The molecule has 1 fully saturated rings. The zero-order valence-corrected chi connectivity index (χ0v) is 55.2. The lowest BCUT2D eigenvalue weighted by Crippen LogP contribution is -2.63. The van der Waals surface area contributed by atoms with Crippen LogP contribution in [0.3, 0.4) is 0 Å². The third kappa shape index (κ3) is 21.7. The van der Waals surface area contributed by atoms with Gasteiger partial charge >= 0.3 is 0 Å². The molecule has 480 valence electrons. The fourth-order valence-electron chi connectivity index (χ4n) is 10.5. The van der Waals surface area contributed by atoms with Crippen molar-refractivity contribution in [2.75, 3.05) is 62.4 Å². The number of nitrogens with zero attached hydrogens (tertiary/aromatic N) is 7. The fourth-order valence-corrected chi connectivity index (χ4v) is 10.5. The van der Waals surface area contributed by atoms with E-state index in [1.807, 2.05) is 55.4 Å². The summed E-state index contributed by atoms with van der Waals surface area (Å²) in [6.07, 6.45) is 3.04. The van der Waals surface area contributed by atoms with E-state index in [2.05, 4.69) is 21.3 Å². The maximum absolute atomic E-state index is 15.1. The summed E-state index contributed by atoms with van der Waals surface area (Å²) in [6.45, 7) is 27.4. The Hall–Kier alpha value is -6.13. The molecule has 0 saturated carbocycles. The minimum absolute atomic E-state index is 0.0264. The fraction of sp³-hybridized carbons (Fsp3) is 0.787. The number of carbonyl (C=O) groups excluding carboxylic acids is 11. The average molecular weight is 1190 g/mol. The van der Waals surface area contributed by atoms with Gasteiger partial charge in [-0.1, -0.05) is 109 Å². The molecular formula is C61H109N11O12. The predicted octanol–water partition coefficient (Wildman–Crippen LogP) is 2.88. The van der Waals surface area contributed by atoms with Crippen LogP contribution in [0.1, 0.15) is 149 Å². The molecule has 0 aromatic rings. The highest BCUT2D eigenvalue weighted by Gasteiger charge is 2.45. The first-order valence-corrected chi connectivity index (χ1v) is 30.1. The van der Waals surface area contributed by atoms with Crippen LogP contribution in [-0.4, -0.2) is 227 Å². The van der Waals surface area contributed by atoms with E-state index >= 15 is 14.4 Å². The van der Waals surface area contributed by atoms with Crippen molar-refractivity contribution in [2.45, 2.75) is 210 Å². The molecule has 0 radical (unpaired) electrons. The van der Waals surface area contributed by atoms with E-state index in [0.29, 0.717) is 6.42 Å². The number of amides is 11. The van der Waals surface area contributed by atoms with Gasteiger partial charge in [-0.25, -0.2) is 0 Å². The van der Waals surface area contributed by atoms with E-state index < -0.39 is 156 Å². The molecular weight excluding hydrogens is 1080 g/mol. The average Bonchev–Trinajstić information content (AvgIpc) is 3.38. The number of likely N-dealkylation sites (N-methyl/N-ethyl adjacent to an activating group) is 7. The van der Waals surface area contributed by atoms with Crippen LogP contribution in [0.25, 0.3) is 0 Å². The molecule has 0 aliphatic carbocycles. The molecule has 1 aliphatic heterocycles. The molecule has 1 rings (SSSR count). The second-order valence-corrected chi connectivity index (χ2v) is 25.7. The lowest BCUT2D eigenvalue weighted by molar-refractivity contribution is -0.157. The van der Waals surface area contributed by atoms with Crippen LogP contribution in [0.5, 0.6) is 0 Å². The van der Waals surface area contributed by atoms with Gasteiger partial charge in [-0.3, -0.25) is 52.7 Å². The summed E-state index contributed by atoms with van der Waals surface area (Å²) in [4.78, 5) is 167. The van der Waals surface area contributed by atoms with Gasteiger partial charge in [0.15, 0.2) is 0 Å². The highest BCUT2D eigenvalue weighted by Crippen LogP contribution is 2.25. The van der Waals surface area contributed by atoms with Gasteiger partial charge in [-0.15, -0.1) is 0 Å². The topological polar surface area (TPSA) is 279 Å². The monoisotopic (exact) mass is 1190 g/mol. The first kappa shape index (κ1) is 75.9. The summed E-state index contributed by atoms with van der Waals surface area (Å²) in [5.41, 5.74) is 0. The van der Waals surface area contributed by atoms with Crippen molar-refractivity contribution in [2.24, 2.45) is 41.4 Å². The van der Waals surface area contributed by atoms with Gasteiger partial charge in [0, 0.05) is 49.3 Å². The van der Waals surface area contributed by atoms with Gasteiger partial charge in [0.05, 0.1) is 19.2 Å². The van der Waals surface area contributed by atoms with Crippen molar-refractivity contribution in [1.82, 2.24) is 55.6 Å². The van der Waals surface area contributed by atoms with E-state index in [-0.39, 0.29) is 55.8 Å². The summed E-state index contributed by atoms with van der Waals surface area (Å²) in [7, 11) is 9.84. The van der Waals surface area contributed by atoms with Gasteiger partial charge in [-0.05, 0) is 93.8 Å². The van der Waals surface area contributed by atoms with Crippen LogP contribution in [0.2, 0.25) is 0 Å². The van der Waals surface area contributed by atoms with Crippen LogP contribution >= 0.6 is 0 Å². The quantitative estimate of drug-likeness (QED) is 0.148. The second kappa shape index (κ2) is 34.7. The maximum atomic E-state index is 15.1. The highest BCUT2D eigenvalue weighted by molar-refractivity contribution is 5.99. The van der Waals surface area contributed by atoms with Gasteiger partial charge in [0.25, 0.3) is 0 Å². The molecule has 0 bridgehead atoms. The molecule has 5 N–H and O–H groups in total. The lowest BCUT2D eigenvalue weighted by Gasteiger charge is -2.41. The van der Waals surface area contributed by atoms with Crippen molar-refractivity contribution in [3.05, 3.63) is 12.2 Å². The Morgan fingerprint density at radius 3 is 1.39 bits per heavy atom. The van der Waals surface area contributed by atoms with Gasteiger partial charge in [0.2, 0.25) is 65.0 Å². The number of aliphatic hydroxyl groups excluding tert-OH is 1. The molecule has 1 heterocycles. The first-order chi connectivity index (χ1) is 38.8. The number of carbonyl (C=O) groups is 11. The Kier molecular flexibility index (Phi) is 31.4. The molecule has 11 amide bonds. The van der Waals surface area contributed by atoms with Crippen molar-refractivity contribution in [3.8, 4) is 0 Å². The third-order valence-corrected chi connectivity index (χ3v) is 15.6. The number of rotatable bonds is 15. The van der Waals surface area contributed by atoms with Crippen LogP contribution < -0.4 is 21.3 Å². The molecule has 23 nitrogen and oxygen atoms in total. The molecule has 0 aromatic carbocycles. The van der Waals surface area contributed by atoms with Crippen molar-refractivity contribution in [1.29, 1.82) is 0 Å². The van der Waals surface area contributed by atoms with Gasteiger partial charge in [-0.2, -0.15) is 0 Å². The molecule has 0 spiro atoms. The zero-order chi connectivity index (χ0) is 65.1. The molecule has 1 saturated heterocycles. The second-order valence-electron chi connectivity index (χ2n) is 25.7. The Morgan fingerprint density at radius 1 is 0.476 bits per heavy atom. The van der Waals surface area contributed by atoms with Gasteiger partial charge in [0.1, 0.15) is 54.4 Å². The molecule has 84 heavy (non-hydrogen) atoms. The minimum Gasteiger partial charge on any atom is -0.390 e. The van der Waals surface area contributed by atoms with E-state index in [1.165, 1.54) is 75.9 Å². The Morgan fingerprint density at radius 2 is 0.929 bits per heavy atom. The largest absolute Gasteiger partial charge is 0.390 e. The molecule has 0 unspecified atom stereocenters. The van der Waals surface area contributed by atoms with Crippen LogP contribution in [0.15, 0.2) is 12.2 Å². The zero-order valence-electron chi connectivity index (χ0n) is 55.2. The van der Waals surface area contributed by atoms with E-state index in [9.17, 15) is 43.5 Å². The standard InChI is InChI=1S/C61H109N11O12/c1-24-26-27-40(15)52(75)51-55(78)63-42(25-2)57(80)67(18)33-48(74)66(17)32-47(73)65-49(38(11)12)60(83)68(19)44(29-35(5)6)54(77)64-43(28-34(3)4)53(76)62-41(16)56(79)69(20)45(30-36(7)8)58(81)70(21)46(31-37(9)10)59(82)71(22)50(39(13)14)61(84)72(51)23/h24,26,34-46,49-52,75H,25,27-33H2,1-23H3,(H,62,76)(H,63,78)(H,64,77)(H,65,73)/b26-24+/t40-,41-,42+,43+,44+,45+,46-,49+,50+,51+,52-/m1/s1. The van der Waals surface area contributed by atoms with Crippen LogP contribution in [-0.2, 0) is 52.7 Å². The van der Waals surface area contributed by atoms with E-state index in [0.717, 1.165) is 14.7 Å². The van der Waals surface area contributed by atoms with Crippen molar-refractivity contribution in [3.63, 3.8) is 0 Å². The molecule has 1 aliphatic rings. The maximum Gasteiger partial charge on any atom is 0.246 e. The Bertz CT molecular complexity index is 2290. The summed E-state index contributed by atoms with van der Waals surface area (Å²) in [5.74, 6) is -9.68. The van der Waals surface area contributed by atoms with Gasteiger partial charge < -0.3 is 60.7 Å². The molecule has 0 aromatic heterocycles. The number of allylic oxidation sites excluding steroid dienone is 2. The van der Waals surface area contributed by atoms with Crippen LogP contribution in [0, 0.1) is 41.4 Å². The van der Waals surface area contributed by atoms with Crippen molar-refractivity contribution >= 4 is 65.0 Å². The smallest absolute Gasteiger partial charge is 0.246 e. The number of hydrogen-bond donors (Lipinski definition) is 5. The first-order valence-electron chi connectivity index (χ1n) is 30.1. The summed E-state index contributed by atoms with van der Waals surface area (Å²) >= 11 is 0. The lowest BCUT2D eigenvalue weighted by atomic mass is 9.91.